The second-order valence-corrected chi connectivity index (χ2v) is 7.08. The molecular weight excluding hydrogens is 342 g/mol. The van der Waals surface area contributed by atoms with Gasteiger partial charge < -0.3 is 0 Å². The highest BCUT2D eigenvalue weighted by molar-refractivity contribution is 7.86. The number of benzene rings is 2. The number of halogens is 2. The van der Waals surface area contributed by atoms with Gasteiger partial charge in [0.1, 0.15) is 11.6 Å². The molecule has 6 nitrogen and oxygen atoms in total. The van der Waals surface area contributed by atoms with E-state index in [1.54, 1.807) is 0 Å². The Hall–Kier alpha value is -1.88. The van der Waals surface area contributed by atoms with E-state index < -0.39 is 52.8 Å². The number of hydrogen-bond acceptors (Lipinski definition) is 4. The zero-order chi connectivity index (χ0) is 16.7. The Bertz CT molecular complexity index is 872. The van der Waals surface area contributed by atoms with Crippen LogP contribution in [-0.2, 0) is 20.2 Å². The van der Waals surface area contributed by atoms with E-state index in [2.05, 4.69) is 0 Å². The van der Waals surface area contributed by atoms with Gasteiger partial charge in [-0.25, -0.2) is 8.78 Å². The van der Waals surface area contributed by atoms with Crippen molar-refractivity contribution in [1.29, 1.82) is 0 Å². The summed E-state index contributed by atoms with van der Waals surface area (Å²) < 4.78 is 89.6. The first-order valence-corrected chi connectivity index (χ1v) is 8.42. The van der Waals surface area contributed by atoms with Crippen molar-refractivity contribution in [1.82, 2.24) is 0 Å². The first-order valence-electron chi connectivity index (χ1n) is 5.54. The SMILES string of the molecule is O=S(=O)(O)c1ccc(F)c(-c2cc(S(=O)(=O)O)ccc2F)c1. The fraction of sp³-hybridized carbons (Fsp3) is 0. The van der Waals surface area contributed by atoms with E-state index in [1.165, 1.54) is 0 Å². The molecule has 0 saturated carbocycles. The minimum atomic E-state index is -4.66. The summed E-state index contributed by atoms with van der Waals surface area (Å²) in [6, 6.07) is 4.18. The van der Waals surface area contributed by atoms with Gasteiger partial charge in [0.05, 0.1) is 9.79 Å². The van der Waals surface area contributed by atoms with Crippen molar-refractivity contribution < 1.29 is 34.7 Å². The summed E-state index contributed by atoms with van der Waals surface area (Å²) in [5.41, 5.74) is -1.17. The second kappa shape index (κ2) is 5.39. The van der Waals surface area contributed by atoms with E-state index in [-0.39, 0.29) is 0 Å². The molecule has 2 N–H and O–H groups in total. The van der Waals surface area contributed by atoms with Gasteiger partial charge in [0, 0.05) is 11.1 Å². The summed E-state index contributed by atoms with van der Waals surface area (Å²) in [5, 5.41) is 0. The van der Waals surface area contributed by atoms with Crippen LogP contribution in [0, 0.1) is 11.6 Å². The van der Waals surface area contributed by atoms with Crippen LogP contribution in [0.1, 0.15) is 0 Å². The quantitative estimate of drug-likeness (QED) is 0.821. The normalized spacial score (nSPS) is 12.4. The summed E-state index contributed by atoms with van der Waals surface area (Å²) >= 11 is 0. The van der Waals surface area contributed by atoms with E-state index in [0.29, 0.717) is 24.3 Å². The lowest BCUT2D eigenvalue weighted by molar-refractivity contribution is 0.480. The van der Waals surface area contributed by atoms with E-state index >= 15 is 0 Å². The van der Waals surface area contributed by atoms with Gasteiger partial charge in [-0.05, 0) is 36.4 Å². The van der Waals surface area contributed by atoms with Crippen LogP contribution >= 0.6 is 0 Å². The van der Waals surface area contributed by atoms with Gasteiger partial charge in [-0.3, -0.25) is 9.11 Å². The standard InChI is InChI=1S/C12H8F2O6S2/c13-11-3-1-7(21(15,16)17)5-9(11)10-6-8(22(18,19)20)2-4-12(10)14/h1-6H,(H,15,16,17)(H,18,19,20). The molecule has 2 aromatic rings. The molecule has 0 spiro atoms. The number of hydrogen-bond donors (Lipinski definition) is 2. The highest BCUT2D eigenvalue weighted by Gasteiger charge is 2.19. The van der Waals surface area contributed by atoms with E-state index in [1.807, 2.05) is 0 Å². The Morgan fingerprint density at radius 2 is 1.00 bits per heavy atom. The fourth-order valence-corrected chi connectivity index (χ4v) is 2.76. The molecule has 0 amide bonds. The molecule has 0 unspecified atom stereocenters. The Morgan fingerprint density at radius 1 is 0.682 bits per heavy atom. The maximum absolute atomic E-state index is 13.8. The fourth-order valence-electron chi connectivity index (χ4n) is 1.74. The van der Waals surface area contributed by atoms with Crippen LogP contribution < -0.4 is 0 Å². The maximum Gasteiger partial charge on any atom is 0.294 e. The van der Waals surface area contributed by atoms with Crippen LogP contribution in [0.3, 0.4) is 0 Å². The lowest BCUT2D eigenvalue weighted by Crippen LogP contribution is -2.02. The largest absolute Gasteiger partial charge is 0.294 e. The highest BCUT2D eigenvalue weighted by Crippen LogP contribution is 2.30. The summed E-state index contributed by atoms with van der Waals surface area (Å²) in [7, 11) is -9.32. The van der Waals surface area contributed by atoms with Crippen molar-refractivity contribution >= 4 is 20.2 Å². The van der Waals surface area contributed by atoms with Gasteiger partial charge >= 0.3 is 0 Å². The molecule has 22 heavy (non-hydrogen) atoms. The van der Waals surface area contributed by atoms with E-state index in [4.69, 9.17) is 9.11 Å². The minimum Gasteiger partial charge on any atom is -0.282 e. The lowest BCUT2D eigenvalue weighted by Gasteiger charge is -2.08. The van der Waals surface area contributed by atoms with Crippen molar-refractivity contribution in [2.75, 3.05) is 0 Å². The lowest BCUT2D eigenvalue weighted by atomic mass is 10.0. The van der Waals surface area contributed by atoms with Crippen molar-refractivity contribution in [3.05, 3.63) is 48.0 Å². The zero-order valence-electron chi connectivity index (χ0n) is 10.6. The zero-order valence-corrected chi connectivity index (χ0v) is 12.2. The predicted molar refractivity (Wildman–Crippen MR) is 71.4 cm³/mol. The monoisotopic (exact) mass is 350 g/mol. The molecule has 0 aliphatic rings. The topological polar surface area (TPSA) is 109 Å². The van der Waals surface area contributed by atoms with Gasteiger partial charge in [-0.1, -0.05) is 0 Å². The van der Waals surface area contributed by atoms with Crippen LogP contribution in [0.15, 0.2) is 46.2 Å². The first-order chi connectivity index (χ1) is 10.00. The molecule has 10 heteroatoms. The molecule has 0 atom stereocenters. The van der Waals surface area contributed by atoms with Gasteiger partial charge in [-0.15, -0.1) is 0 Å². The third-order valence-corrected chi connectivity index (χ3v) is 4.46. The van der Waals surface area contributed by atoms with Crippen LogP contribution in [0.2, 0.25) is 0 Å². The second-order valence-electron chi connectivity index (χ2n) is 4.23. The predicted octanol–water partition coefficient (Wildman–Crippen LogP) is 2.13. The molecular formula is C12H8F2O6S2. The van der Waals surface area contributed by atoms with Crippen molar-refractivity contribution in [2.24, 2.45) is 0 Å². The summed E-state index contributed by atoms with van der Waals surface area (Å²) in [6.45, 7) is 0. The van der Waals surface area contributed by atoms with Gasteiger partial charge in [0.2, 0.25) is 0 Å². The van der Waals surface area contributed by atoms with Crippen molar-refractivity contribution in [2.45, 2.75) is 9.79 Å². The van der Waals surface area contributed by atoms with Gasteiger partial charge in [0.15, 0.2) is 0 Å². The molecule has 0 bridgehead atoms. The van der Waals surface area contributed by atoms with Crippen LogP contribution in [0.4, 0.5) is 8.78 Å². The van der Waals surface area contributed by atoms with Gasteiger partial charge in [0.25, 0.3) is 20.2 Å². The van der Waals surface area contributed by atoms with Crippen molar-refractivity contribution in [3.8, 4) is 11.1 Å². The average Bonchev–Trinajstić information content (AvgIpc) is 2.37. The Balaban J connectivity index is 2.76. The Labute approximate surface area is 124 Å². The molecule has 2 rings (SSSR count). The molecule has 0 aliphatic carbocycles. The highest BCUT2D eigenvalue weighted by atomic mass is 32.2. The molecule has 0 fully saturated rings. The van der Waals surface area contributed by atoms with E-state index in [9.17, 15) is 25.6 Å². The smallest absolute Gasteiger partial charge is 0.282 e. The first kappa shape index (κ1) is 16.5. The molecule has 0 heterocycles. The molecule has 2 aromatic carbocycles. The molecule has 0 saturated heterocycles. The Morgan fingerprint density at radius 3 is 1.27 bits per heavy atom. The van der Waals surface area contributed by atoms with Crippen LogP contribution in [0.5, 0.6) is 0 Å². The summed E-state index contributed by atoms with van der Waals surface area (Å²) in [5.74, 6) is -2.09. The third-order valence-electron chi connectivity index (χ3n) is 2.76. The summed E-state index contributed by atoms with van der Waals surface area (Å²) in [6.07, 6.45) is 0. The van der Waals surface area contributed by atoms with Crippen LogP contribution in [-0.4, -0.2) is 25.9 Å². The van der Waals surface area contributed by atoms with Crippen LogP contribution in [0.25, 0.3) is 11.1 Å². The summed E-state index contributed by atoms with van der Waals surface area (Å²) in [4.78, 5) is -1.39. The molecule has 0 aromatic heterocycles. The Kier molecular flexibility index (Phi) is 4.04. The maximum atomic E-state index is 13.8. The minimum absolute atomic E-state index is 0.585. The molecule has 118 valence electrons. The van der Waals surface area contributed by atoms with Crippen molar-refractivity contribution in [3.63, 3.8) is 0 Å². The third kappa shape index (κ3) is 3.30. The number of rotatable bonds is 3. The van der Waals surface area contributed by atoms with Gasteiger partial charge in [-0.2, -0.15) is 16.8 Å². The molecule has 0 aliphatic heterocycles. The average molecular weight is 350 g/mol. The van der Waals surface area contributed by atoms with E-state index in [0.717, 1.165) is 12.1 Å². The molecule has 0 radical (unpaired) electrons.